The summed E-state index contributed by atoms with van der Waals surface area (Å²) in [5.74, 6) is -0.795. The van der Waals surface area contributed by atoms with E-state index in [0.717, 1.165) is 0 Å². The Morgan fingerprint density at radius 1 is 1.10 bits per heavy atom. The van der Waals surface area contributed by atoms with Crippen LogP contribution in [0.2, 0.25) is 10.6 Å². The Morgan fingerprint density at radius 3 is 2.32 bits per heavy atom. The number of ether oxygens (including phenoxy) is 5. The minimum atomic E-state index is -1.15. The van der Waals surface area contributed by atoms with Crippen LogP contribution in [0.25, 0.3) is 0 Å². The first-order valence-corrected chi connectivity index (χ1v) is 10.5. The predicted octanol–water partition coefficient (Wildman–Crippen LogP) is 2.13. The summed E-state index contributed by atoms with van der Waals surface area (Å²) in [4.78, 5) is 24.0. The molecule has 4 aliphatic rings. The second-order valence-electron chi connectivity index (χ2n) is 9.19. The van der Waals surface area contributed by atoms with Gasteiger partial charge < -0.3 is 34.3 Å². The zero-order valence-corrected chi connectivity index (χ0v) is 19.3. The van der Waals surface area contributed by atoms with Gasteiger partial charge >= 0.3 is 6.09 Å². The number of carbonyl (C=O) groups excluding carboxylic acids is 1. The average Bonchev–Trinajstić information content (AvgIpc) is 2.97. The van der Waals surface area contributed by atoms with Gasteiger partial charge in [0.05, 0.1) is 19.8 Å². The highest BCUT2D eigenvalue weighted by Crippen LogP contribution is 2.49. The number of nitrogens with one attached hydrogen (secondary N) is 2. The molecule has 0 saturated carbocycles. The summed E-state index contributed by atoms with van der Waals surface area (Å²) < 4.78 is 30.0. The fourth-order valence-corrected chi connectivity index (χ4v) is 4.22. The van der Waals surface area contributed by atoms with Gasteiger partial charge in [-0.1, -0.05) is 0 Å². The molecule has 5 rings (SSSR count). The number of halogens is 2. The fourth-order valence-electron chi connectivity index (χ4n) is 3.85. The van der Waals surface area contributed by atoms with Crippen LogP contribution in [0.1, 0.15) is 34.6 Å². The fraction of sp³-hybridized carbons (Fsp3) is 0.778. The number of nitrogens with zero attached hydrogens (tertiary/aromatic N) is 3. The number of hydrogen-bond acceptors (Lipinski definition) is 10. The molecule has 4 fully saturated rings. The molecular weight excluding hydrogens is 453 g/mol. The van der Waals surface area contributed by atoms with Gasteiger partial charge in [0, 0.05) is 0 Å². The Kier molecular flexibility index (Phi) is 5.51. The van der Waals surface area contributed by atoms with Gasteiger partial charge in [0.15, 0.2) is 11.5 Å². The molecule has 13 heteroatoms. The monoisotopic (exact) mass is 477 g/mol. The Balaban J connectivity index is 1.56. The van der Waals surface area contributed by atoms with E-state index < -0.39 is 41.0 Å². The van der Waals surface area contributed by atoms with E-state index in [9.17, 15) is 4.79 Å². The molecule has 4 atom stereocenters. The maximum absolute atomic E-state index is 12.2. The molecule has 2 unspecified atom stereocenters. The number of rotatable bonds is 4. The lowest BCUT2D eigenvalue weighted by Crippen LogP contribution is -2.78. The standard InChI is InChI=1S/C18H25Cl2N5O6/c1-15(2,3)31-14(26)21-6-17-7-28-18(8-27-17,10-9(17)29-16(4,5)30-10)25-13-23-11(19)22-12(20)24-13/h9-10H,6-8H2,1-5H3,(H,21,26)(H,22,23,24,25)/t9-,10+,17?,18?/m1/s1. The quantitative estimate of drug-likeness (QED) is 0.665. The van der Waals surface area contributed by atoms with E-state index in [1.165, 1.54) is 0 Å². The molecule has 11 nitrogen and oxygen atoms in total. The number of anilines is 1. The summed E-state index contributed by atoms with van der Waals surface area (Å²) in [6.45, 7) is 9.26. The number of carbonyl (C=O) groups is 1. The molecule has 1 amide bonds. The second-order valence-corrected chi connectivity index (χ2v) is 9.86. The van der Waals surface area contributed by atoms with E-state index >= 15 is 0 Å². The first-order chi connectivity index (χ1) is 14.3. The largest absolute Gasteiger partial charge is 0.444 e. The maximum Gasteiger partial charge on any atom is 0.407 e. The van der Waals surface area contributed by atoms with Gasteiger partial charge in [-0.2, -0.15) is 15.0 Å². The molecule has 0 spiro atoms. The lowest BCUT2D eigenvalue weighted by Gasteiger charge is -2.57. The van der Waals surface area contributed by atoms with Crippen molar-refractivity contribution in [1.82, 2.24) is 20.3 Å². The normalized spacial score (nSPS) is 33.6. The van der Waals surface area contributed by atoms with E-state index in [-0.39, 0.29) is 36.3 Å². The van der Waals surface area contributed by atoms with Gasteiger partial charge in [-0.25, -0.2) is 4.79 Å². The van der Waals surface area contributed by atoms with Gasteiger partial charge in [-0.15, -0.1) is 0 Å². The molecule has 0 aliphatic carbocycles. The summed E-state index contributed by atoms with van der Waals surface area (Å²) in [5.41, 5.74) is -2.74. The van der Waals surface area contributed by atoms with Crippen molar-refractivity contribution in [2.45, 2.75) is 69.5 Å². The highest BCUT2D eigenvalue weighted by molar-refractivity contribution is 6.31. The lowest BCUT2D eigenvalue weighted by molar-refractivity contribution is -0.319. The van der Waals surface area contributed by atoms with E-state index in [1.807, 2.05) is 0 Å². The summed E-state index contributed by atoms with van der Waals surface area (Å²) in [6, 6.07) is 0. The van der Waals surface area contributed by atoms with Crippen molar-refractivity contribution in [2.75, 3.05) is 25.1 Å². The van der Waals surface area contributed by atoms with Gasteiger partial charge in [0.25, 0.3) is 0 Å². The van der Waals surface area contributed by atoms with E-state index in [1.54, 1.807) is 34.6 Å². The van der Waals surface area contributed by atoms with Gasteiger partial charge in [-0.05, 0) is 57.8 Å². The molecule has 0 radical (unpaired) electrons. The van der Waals surface area contributed by atoms with Crippen LogP contribution in [0.5, 0.6) is 0 Å². The lowest BCUT2D eigenvalue weighted by atomic mass is 9.81. The van der Waals surface area contributed by atoms with Crippen LogP contribution in [0, 0.1) is 0 Å². The van der Waals surface area contributed by atoms with Gasteiger partial charge in [-0.3, -0.25) is 0 Å². The van der Waals surface area contributed by atoms with E-state index in [0.29, 0.717) is 0 Å². The Hall–Kier alpha value is -1.50. The summed E-state index contributed by atoms with van der Waals surface area (Å²) in [5, 5.41) is 5.71. The van der Waals surface area contributed by atoms with Crippen molar-refractivity contribution in [2.24, 2.45) is 0 Å². The number of aromatic nitrogens is 3. The topological polar surface area (TPSA) is 126 Å². The molecule has 0 aromatic carbocycles. The molecule has 2 N–H and O–H groups in total. The first kappa shape index (κ1) is 22.7. The van der Waals surface area contributed by atoms with E-state index in [4.69, 9.17) is 46.9 Å². The summed E-state index contributed by atoms with van der Waals surface area (Å²) in [6.07, 6.45) is -1.71. The van der Waals surface area contributed by atoms with Crippen molar-refractivity contribution in [3.8, 4) is 0 Å². The SMILES string of the molecule is CC(C)(C)OC(=O)NCC12COC(Nc3nc(Cl)nc(Cl)n3)(CO1)[C@H]1OC(C)(C)O[C@H]12. The molecule has 4 aliphatic heterocycles. The third-order valence-corrected chi connectivity index (χ3v) is 5.40. The minimum Gasteiger partial charge on any atom is -0.444 e. The number of fused-ring (bicyclic) bond motifs is 2. The molecule has 4 saturated heterocycles. The first-order valence-electron chi connectivity index (χ1n) is 9.77. The van der Waals surface area contributed by atoms with Crippen LogP contribution >= 0.6 is 23.2 Å². The molecule has 172 valence electrons. The summed E-state index contributed by atoms with van der Waals surface area (Å²) in [7, 11) is 0. The predicted molar refractivity (Wildman–Crippen MR) is 109 cm³/mol. The van der Waals surface area contributed by atoms with Crippen molar-refractivity contribution in [1.29, 1.82) is 0 Å². The third kappa shape index (κ3) is 4.53. The molecule has 31 heavy (non-hydrogen) atoms. The Morgan fingerprint density at radius 2 is 1.74 bits per heavy atom. The Bertz CT molecular complexity index is 851. The minimum absolute atomic E-state index is 0.0668. The van der Waals surface area contributed by atoms with E-state index in [2.05, 4.69) is 25.6 Å². The van der Waals surface area contributed by atoms with Crippen LogP contribution in [-0.4, -0.2) is 75.7 Å². The molecule has 2 bridgehead atoms. The molecule has 5 heterocycles. The zero-order chi connectivity index (χ0) is 22.7. The van der Waals surface area contributed by atoms with Crippen molar-refractivity contribution >= 4 is 35.2 Å². The molecule has 1 aromatic rings. The van der Waals surface area contributed by atoms with Crippen LogP contribution in [0.4, 0.5) is 10.7 Å². The average molecular weight is 478 g/mol. The number of amides is 1. The molecule has 1 aromatic heterocycles. The smallest absolute Gasteiger partial charge is 0.407 e. The van der Waals surface area contributed by atoms with Gasteiger partial charge in [0.1, 0.15) is 23.4 Å². The third-order valence-electron chi connectivity index (χ3n) is 5.06. The summed E-state index contributed by atoms with van der Waals surface area (Å²) >= 11 is 11.8. The van der Waals surface area contributed by atoms with Crippen LogP contribution in [-0.2, 0) is 23.7 Å². The van der Waals surface area contributed by atoms with Crippen molar-refractivity contribution < 1.29 is 28.5 Å². The Labute approximate surface area is 189 Å². The zero-order valence-electron chi connectivity index (χ0n) is 17.8. The van der Waals surface area contributed by atoms with Crippen LogP contribution < -0.4 is 10.6 Å². The maximum atomic E-state index is 12.2. The highest BCUT2D eigenvalue weighted by atomic mass is 35.5. The van der Waals surface area contributed by atoms with Gasteiger partial charge in [0.2, 0.25) is 16.5 Å². The van der Waals surface area contributed by atoms with Crippen LogP contribution in [0.15, 0.2) is 0 Å². The van der Waals surface area contributed by atoms with Crippen molar-refractivity contribution in [3.05, 3.63) is 10.6 Å². The highest BCUT2D eigenvalue weighted by Gasteiger charge is 2.69. The number of alkyl carbamates (subject to hydrolysis) is 1. The number of hydrogen-bond donors (Lipinski definition) is 2. The second kappa shape index (κ2) is 7.53. The molecular formula is C18H25Cl2N5O6. The van der Waals surface area contributed by atoms with Crippen molar-refractivity contribution in [3.63, 3.8) is 0 Å². The van der Waals surface area contributed by atoms with Crippen LogP contribution in [0.3, 0.4) is 0 Å².